The molecule has 0 unspecified atom stereocenters. The third kappa shape index (κ3) is 6.13. The van der Waals surface area contributed by atoms with Gasteiger partial charge in [0.05, 0.1) is 7.11 Å². The van der Waals surface area contributed by atoms with Crippen LogP contribution in [0, 0.1) is 0 Å². The van der Waals surface area contributed by atoms with E-state index in [1.54, 1.807) is 19.5 Å². The smallest absolute Gasteiger partial charge is 0.857 e. The second-order valence-electron chi connectivity index (χ2n) is 5.09. The average Bonchev–Trinajstić information content (AvgIpc) is 2.71. The van der Waals surface area contributed by atoms with Gasteiger partial charge in [-0.2, -0.15) is 7.11 Å². The number of hydrogen-bond acceptors (Lipinski definition) is 4. The molecule has 0 aliphatic heterocycles. The predicted molar refractivity (Wildman–Crippen MR) is 116 cm³/mol. The summed E-state index contributed by atoms with van der Waals surface area (Å²) in [6.07, 6.45) is 3.45. The number of fused-ring (bicyclic) bond motifs is 2. The van der Waals surface area contributed by atoms with E-state index in [1.165, 1.54) is 0 Å². The van der Waals surface area contributed by atoms with Crippen molar-refractivity contribution < 1.29 is 39.4 Å². The number of pyridine rings is 2. The van der Waals surface area contributed by atoms with E-state index < -0.39 is 0 Å². The van der Waals surface area contributed by atoms with Gasteiger partial charge in [-0.1, -0.05) is 61.7 Å². The van der Waals surface area contributed by atoms with Gasteiger partial charge < -0.3 is 9.84 Å². The molecular formula is C20H16Br2ClN2NaO2. The van der Waals surface area contributed by atoms with Crippen molar-refractivity contribution in [3.8, 4) is 5.88 Å². The number of aromatic nitrogens is 2. The quantitative estimate of drug-likeness (QED) is 0.278. The van der Waals surface area contributed by atoms with Crippen LogP contribution in [0.15, 0.2) is 69.9 Å². The van der Waals surface area contributed by atoms with Gasteiger partial charge in [0.1, 0.15) is 5.15 Å². The van der Waals surface area contributed by atoms with Crippen molar-refractivity contribution in [2.24, 2.45) is 0 Å². The fourth-order valence-electron chi connectivity index (χ4n) is 2.44. The first-order valence-corrected chi connectivity index (χ1v) is 9.75. The summed E-state index contributed by atoms with van der Waals surface area (Å²) in [4.78, 5) is 8.12. The Morgan fingerprint density at radius 2 is 1.29 bits per heavy atom. The Kier molecular flexibility index (Phi) is 11.5. The van der Waals surface area contributed by atoms with Gasteiger partial charge in [-0.05, 0) is 30.3 Å². The standard InChI is InChI=1S/C10H8BrNO.C9H5BrClN.CH3O.Na/c1-13-10-8-3-2-4-9(11)7(8)5-6-12-10;10-8-3-1-2-7-6(8)4-5-12-9(7)11;1-2;/h2-6H,1H3;1-5H;1H3;/q;;-1;+1. The normalized spacial score (nSPS) is 9.50. The largest absolute Gasteiger partial charge is 1.00 e. The number of ether oxygens (including phenoxy) is 1. The van der Waals surface area contributed by atoms with Gasteiger partial charge in [0.2, 0.25) is 5.88 Å². The van der Waals surface area contributed by atoms with Crippen LogP contribution in [-0.4, -0.2) is 24.2 Å². The van der Waals surface area contributed by atoms with E-state index in [0.717, 1.165) is 37.6 Å². The minimum absolute atomic E-state index is 0. The van der Waals surface area contributed by atoms with E-state index >= 15 is 0 Å². The minimum Gasteiger partial charge on any atom is -0.857 e. The number of nitrogens with zero attached hydrogens (tertiary/aromatic N) is 2. The van der Waals surface area contributed by atoms with E-state index in [1.807, 2.05) is 48.5 Å². The number of rotatable bonds is 1. The SMILES string of the molecule is COc1nccc2c(Br)cccc12.C[O-].Clc1nccc2c(Br)cccc12.[Na+]. The summed E-state index contributed by atoms with van der Waals surface area (Å²) in [7, 11) is 2.38. The molecule has 0 amide bonds. The van der Waals surface area contributed by atoms with E-state index in [-0.39, 0.29) is 29.6 Å². The number of methoxy groups -OCH3 is 1. The van der Waals surface area contributed by atoms with Crippen LogP contribution in [0.1, 0.15) is 0 Å². The monoisotopic (exact) mass is 532 g/mol. The van der Waals surface area contributed by atoms with Crippen LogP contribution in [0.5, 0.6) is 5.88 Å². The molecule has 28 heavy (non-hydrogen) atoms. The topological polar surface area (TPSA) is 58.1 Å². The molecule has 2 aromatic heterocycles. The van der Waals surface area contributed by atoms with Gasteiger partial charge in [-0.3, -0.25) is 0 Å². The molecule has 0 fully saturated rings. The zero-order valence-corrected chi connectivity index (χ0v) is 21.5. The molecule has 2 aromatic carbocycles. The summed E-state index contributed by atoms with van der Waals surface area (Å²) in [5.41, 5.74) is 0. The molecule has 0 N–H and O–H groups in total. The van der Waals surface area contributed by atoms with Gasteiger partial charge >= 0.3 is 29.6 Å². The Bertz CT molecular complexity index is 1010. The van der Waals surface area contributed by atoms with Crippen LogP contribution in [0.3, 0.4) is 0 Å². The first-order chi connectivity index (χ1) is 13.1. The van der Waals surface area contributed by atoms with Crippen LogP contribution >= 0.6 is 43.5 Å². The Morgan fingerprint density at radius 3 is 1.82 bits per heavy atom. The molecule has 0 aliphatic carbocycles. The molecule has 0 saturated carbocycles. The molecular weight excluding hydrogens is 518 g/mol. The van der Waals surface area contributed by atoms with Gasteiger partial charge in [-0.15, -0.1) is 0 Å². The minimum atomic E-state index is 0. The van der Waals surface area contributed by atoms with Crippen molar-refractivity contribution >= 4 is 65.0 Å². The maximum Gasteiger partial charge on any atom is 1.00 e. The Labute approximate surface area is 207 Å². The molecule has 0 spiro atoms. The van der Waals surface area contributed by atoms with E-state index in [2.05, 4.69) is 41.8 Å². The third-order valence-corrected chi connectivity index (χ3v) is 5.30. The summed E-state index contributed by atoms with van der Waals surface area (Å²) in [5, 5.41) is 13.0. The van der Waals surface area contributed by atoms with Crippen molar-refractivity contribution in [2.75, 3.05) is 14.2 Å². The second kappa shape index (κ2) is 12.8. The number of benzene rings is 2. The van der Waals surface area contributed by atoms with E-state index in [9.17, 15) is 0 Å². The number of halogens is 3. The van der Waals surface area contributed by atoms with E-state index in [4.69, 9.17) is 21.4 Å². The van der Waals surface area contributed by atoms with Crippen LogP contribution in [0.2, 0.25) is 5.15 Å². The Morgan fingerprint density at radius 1 is 0.786 bits per heavy atom. The van der Waals surface area contributed by atoms with Crippen molar-refractivity contribution in [3.05, 3.63) is 75.0 Å². The van der Waals surface area contributed by atoms with Crippen molar-refractivity contribution in [1.29, 1.82) is 0 Å². The summed E-state index contributed by atoms with van der Waals surface area (Å²) >= 11 is 12.8. The van der Waals surface area contributed by atoms with Crippen LogP contribution in [-0.2, 0) is 0 Å². The molecule has 8 heteroatoms. The molecule has 2 heterocycles. The maximum atomic E-state index is 8.25. The zero-order valence-electron chi connectivity index (χ0n) is 15.6. The fourth-order valence-corrected chi connectivity index (χ4v) is 3.66. The van der Waals surface area contributed by atoms with Crippen LogP contribution in [0.4, 0.5) is 0 Å². The van der Waals surface area contributed by atoms with Gasteiger partial charge in [0.25, 0.3) is 0 Å². The van der Waals surface area contributed by atoms with Crippen molar-refractivity contribution in [3.63, 3.8) is 0 Å². The van der Waals surface area contributed by atoms with E-state index in [0.29, 0.717) is 11.0 Å². The van der Waals surface area contributed by atoms with Gasteiger partial charge in [0, 0.05) is 42.9 Å². The van der Waals surface area contributed by atoms with Gasteiger partial charge in [-0.25, -0.2) is 9.97 Å². The average molecular weight is 535 g/mol. The van der Waals surface area contributed by atoms with Crippen LogP contribution < -0.4 is 39.4 Å². The fraction of sp³-hybridized carbons (Fsp3) is 0.100. The maximum absolute atomic E-state index is 8.25. The van der Waals surface area contributed by atoms with Crippen molar-refractivity contribution in [2.45, 2.75) is 0 Å². The molecule has 4 nitrogen and oxygen atoms in total. The Hall–Kier alpha value is -0.730. The van der Waals surface area contributed by atoms with Crippen molar-refractivity contribution in [1.82, 2.24) is 9.97 Å². The molecule has 140 valence electrons. The molecule has 0 saturated heterocycles. The third-order valence-electron chi connectivity index (χ3n) is 3.61. The number of hydrogen-bond donors (Lipinski definition) is 0. The molecule has 0 radical (unpaired) electrons. The summed E-state index contributed by atoms with van der Waals surface area (Å²) in [5.74, 6) is 0.666. The molecule has 4 aromatic rings. The predicted octanol–water partition coefficient (Wildman–Crippen LogP) is 2.64. The molecule has 4 rings (SSSR count). The van der Waals surface area contributed by atoms with Gasteiger partial charge in [0.15, 0.2) is 0 Å². The second-order valence-corrected chi connectivity index (χ2v) is 7.16. The van der Waals surface area contributed by atoms with Crippen LogP contribution in [0.25, 0.3) is 21.5 Å². The summed E-state index contributed by atoms with van der Waals surface area (Å²) < 4.78 is 7.26. The first-order valence-electron chi connectivity index (χ1n) is 7.78. The molecule has 0 bridgehead atoms. The summed E-state index contributed by atoms with van der Waals surface area (Å²) in [6, 6.07) is 15.7. The molecule has 0 atom stereocenters. The summed E-state index contributed by atoms with van der Waals surface area (Å²) in [6.45, 7) is 0. The molecule has 0 aliphatic rings. The Balaban J connectivity index is 0.000000250. The zero-order chi connectivity index (χ0) is 19.8. The first kappa shape index (κ1) is 25.3.